The van der Waals surface area contributed by atoms with E-state index < -0.39 is 0 Å². The third kappa shape index (κ3) is 5.00. The van der Waals surface area contributed by atoms with Crippen LogP contribution in [0.5, 0.6) is 0 Å². The number of nitrogens with one attached hydrogen (secondary N) is 1. The molecule has 0 radical (unpaired) electrons. The molecule has 0 fully saturated rings. The summed E-state index contributed by atoms with van der Waals surface area (Å²) in [6.07, 6.45) is 2.50. The molecular formula is C14H22ClN. The van der Waals surface area contributed by atoms with Gasteiger partial charge in [0, 0.05) is 17.6 Å². The first kappa shape index (κ1) is 13.5. The van der Waals surface area contributed by atoms with E-state index in [2.05, 4.69) is 38.2 Å². The summed E-state index contributed by atoms with van der Waals surface area (Å²) in [4.78, 5) is 0. The lowest BCUT2D eigenvalue weighted by Crippen LogP contribution is -2.27. The largest absolute Gasteiger partial charge is 0.310 e. The van der Waals surface area contributed by atoms with Gasteiger partial charge in [0.05, 0.1) is 0 Å². The quantitative estimate of drug-likeness (QED) is 0.783. The average Bonchev–Trinajstić information content (AvgIpc) is 2.28. The first-order valence-electron chi connectivity index (χ1n) is 6.09. The van der Waals surface area contributed by atoms with E-state index in [-0.39, 0.29) is 0 Å². The molecule has 0 heterocycles. The molecule has 2 heteroatoms. The van der Waals surface area contributed by atoms with Crippen LogP contribution in [0.3, 0.4) is 0 Å². The molecule has 0 aliphatic carbocycles. The highest BCUT2D eigenvalue weighted by molar-refractivity contribution is 6.30. The van der Waals surface area contributed by atoms with Gasteiger partial charge in [0.1, 0.15) is 0 Å². The van der Waals surface area contributed by atoms with Gasteiger partial charge >= 0.3 is 0 Å². The normalized spacial score (nSPS) is 14.8. The molecule has 2 atom stereocenters. The SMILES string of the molecule is CCC(C)CC(C)NCc1ccc(Cl)cc1. The van der Waals surface area contributed by atoms with E-state index in [0.29, 0.717) is 6.04 Å². The molecule has 90 valence electrons. The Balaban J connectivity index is 2.31. The lowest BCUT2D eigenvalue weighted by atomic mass is 10.0. The Bertz CT molecular complexity index is 294. The van der Waals surface area contributed by atoms with Gasteiger partial charge in [0.25, 0.3) is 0 Å². The van der Waals surface area contributed by atoms with Gasteiger partial charge in [-0.25, -0.2) is 0 Å². The summed E-state index contributed by atoms with van der Waals surface area (Å²) in [5, 5.41) is 4.34. The fourth-order valence-electron chi connectivity index (χ4n) is 1.75. The number of benzene rings is 1. The first-order valence-corrected chi connectivity index (χ1v) is 6.47. The summed E-state index contributed by atoms with van der Waals surface area (Å²) in [6, 6.07) is 8.61. The number of hydrogen-bond donors (Lipinski definition) is 1. The number of rotatable bonds is 6. The Labute approximate surface area is 104 Å². The summed E-state index contributed by atoms with van der Waals surface area (Å²) in [6.45, 7) is 7.73. The van der Waals surface area contributed by atoms with Crippen molar-refractivity contribution in [2.45, 2.75) is 46.2 Å². The van der Waals surface area contributed by atoms with E-state index in [1.807, 2.05) is 12.1 Å². The minimum absolute atomic E-state index is 0.575. The van der Waals surface area contributed by atoms with E-state index in [9.17, 15) is 0 Å². The van der Waals surface area contributed by atoms with Crippen LogP contribution in [0, 0.1) is 5.92 Å². The van der Waals surface area contributed by atoms with Crippen LogP contribution in [0.15, 0.2) is 24.3 Å². The van der Waals surface area contributed by atoms with Crippen molar-refractivity contribution in [3.05, 3.63) is 34.9 Å². The Hall–Kier alpha value is -0.530. The lowest BCUT2D eigenvalue weighted by Gasteiger charge is -2.17. The van der Waals surface area contributed by atoms with Gasteiger partial charge in [-0.3, -0.25) is 0 Å². The van der Waals surface area contributed by atoms with Crippen molar-refractivity contribution in [2.75, 3.05) is 0 Å². The van der Waals surface area contributed by atoms with Crippen molar-refractivity contribution in [1.29, 1.82) is 0 Å². The maximum atomic E-state index is 5.84. The van der Waals surface area contributed by atoms with Crippen molar-refractivity contribution in [1.82, 2.24) is 5.32 Å². The molecule has 0 aliphatic rings. The molecule has 0 aromatic heterocycles. The van der Waals surface area contributed by atoms with Crippen LogP contribution >= 0.6 is 11.6 Å². The number of hydrogen-bond acceptors (Lipinski definition) is 1. The van der Waals surface area contributed by atoms with Crippen molar-refractivity contribution in [3.8, 4) is 0 Å². The van der Waals surface area contributed by atoms with E-state index in [0.717, 1.165) is 17.5 Å². The van der Waals surface area contributed by atoms with Crippen LogP contribution in [0.1, 0.15) is 39.2 Å². The van der Waals surface area contributed by atoms with E-state index >= 15 is 0 Å². The summed E-state index contributed by atoms with van der Waals surface area (Å²) in [5.74, 6) is 0.799. The van der Waals surface area contributed by atoms with Crippen LogP contribution in [0.25, 0.3) is 0 Å². The summed E-state index contributed by atoms with van der Waals surface area (Å²) < 4.78 is 0. The zero-order chi connectivity index (χ0) is 12.0. The fourth-order valence-corrected chi connectivity index (χ4v) is 1.87. The molecule has 0 amide bonds. The highest BCUT2D eigenvalue weighted by atomic mass is 35.5. The van der Waals surface area contributed by atoms with E-state index in [4.69, 9.17) is 11.6 Å². The lowest BCUT2D eigenvalue weighted by molar-refractivity contribution is 0.412. The maximum absolute atomic E-state index is 5.84. The van der Waals surface area contributed by atoms with Gasteiger partial charge in [-0.2, -0.15) is 0 Å². The van der Waals surface area contributed by atoms with Crippen LogP contribution in [0.4, 0.5) is 0 Å². The zero-order valence-electron chi connectivity index (χ0n) is 10.5. The molecule has 0 aliphatic heterocycles. The minimum atomic E-state index is 0.575. The zero-order valence-corrected chi connectivity index (χ0v) is 11.2. The van der Waals surface area contributed by atoms with E-state index in [1.54, 1.807) is 0 Å². The van der Waals surface area contributed by atoms with Crippen molar-refractivity contribution in [2.24, 2.45) is 5.92 Å². The standard InChI is InChI=1S/C14H22ClN/c1-4-11(2)9-12(3)16-10-13-5-7-14(15)8-6-13/h5-8,11-12,16H,4,9-10H2,1-3H3. The highest BCUT2D eigenvalue weighted by Crippen LogP contribution is 2.12. The van der Waals surface area contributed by atoms with Gasteiger partial charge in [-0.1, -0.05) is 44.0 Å². The fraction of sp³-hybridized carbons (Fsp3) is 0.571. The minimum Gasteiger partial charge on any atom is -0.310 e. The Morgan fingerprint density at radius 2 is 1.81 bits per heavy atom. The van der Waals surface area contributed by atoms with Gasteiger partial charge in [-0.15, -0.1) is 0 Å². The summed E-state index contributed by atoms with van der Waals surface area (Å²) in [7, 11) is 0. The van der Waals surface area contributed by atoms with Gasteiger partial charge in [-0.05, 0) is 37.0 Å². The Kier molecular flexibility index (Phi) is 5.86. The molecule has 0 saturated heterocycles. The highest BCUT2D eigenvalue weighted by Gasteiger charge is 2.06. The van der Waals surface area contributed by atoms with Crippen LogP contribution in [0.2, 0.25) is 5.02 Å². The van der Waals surface area contributed by atoms with Crippen molar-refractivity contribution in [3.63, 3.8) is 0 Å². The molecule has 1 aromatic carbocycles. The Morgan fingerprint density at radius 1 is 1.19 bits per heavy atom. The third-order valence-corrected chi connectivity index (χ3v) is 3.27. The third-order valence-electron chi connectivity index (χ3n) is 3.02. The van der Waals surface area contributed by atoms with Gasteiger partial charge < -0.3 is 5.32 Å². The molecule has 1 nitrogen and oxygen atoms in total. The molecule has 1 aromatic rings. The second-order valence-electron chi connectivity index (χ2n) is 4.66. The van der Waals surface area contributed by atoms with Gasteiger partial charge in [0.15, 0.2) is 0 Å². The molecule has 0 bridgehead atoms. The molecule has 16 heavy (non-hydrogen) atoms. The predicted molar refractivity (Wildman–Crippen MR) is 71.8 cm³/mol. The molecule has 0 spiro atoms. The van der Waals surface area contributed by atoms with Crippen molar-refractivity contribution < 1.29 is 0 Å². The maximum Gasteiger partial charge on any atom is 0.0406 e. The number of halogens is 1. The van der Waals surface area contributed by atoms with Crippen LogP contribution < -0.4 is 5.32 Å². The first-order chi connectivity index (χ1) is 7.61. The van der Waals surface area contributed by atoms with Gasteiger partial charge in [0.2, 0.25) is 0 Å². The second-order valence-corrected chi connectivity index (χ2v) is 5.09. The summed E-state index contributed by atoms with van der Waals surface area (Å²) in [5.41, 5.74) is 1.29. The van der Waals surface area contributed by atoms with Crippen molar-refractivity contribution >= 4 is 11.6 Å². The molecule has 2 unspecified atom stereocenters. The van der Waals surface area contributed by atoms with Crippen LogP contribution in [-0.4, -0.2) is 6.04 Å². The molecule has 1 rings (SSSR count). The topological polar surface area (TPSA) is 12.0 Å². The predicted octanol–water partition coefficient (Wildman–Crippen LogP) is 4.25. The Morgan fingerprint density at radius 3 is 2.38 bits per heavy atom. The molecule has 1 N–H and O–H groups in total. The average molecular weight is 240 g/mol. The molecule has 0 saturated carbocycles. The van der Waals surface area contributed by atoms with Crippen LogP contribution in [-0.2, 0) is 6.54 Å². The smallest absolute Gasteiger partial charge is 0.0406 e. The summed E-state index contributed by atoms with van der Waals surface area (Å²) >= 11 is 5.84. The second kappa shape index (κ2) is 6.93. The molecular weight excluding hydrogens is 218 g/mol. The monoisotopic (exact) mass is 239 g/mol. The van der Waals surface area contributed by atoms with E-state index in [1.165, 1.54) is 18.4 Å².